The van der Waals surface area contributed by atoms with Gasteiger partial charge in [-0.3, -0.25) is 9.11 Å². The van der Waals surface area contributed by atoms with E-state index in [2.05, 4.69) is 6.92 Å². The predicted molar refractivity (Wildman–Crippen MR) is 128 cm³/mol. The average molecular weight is 499 g/mol. The van der Waals surface area contributed by atoms with Crippen molar-refractivity contribution < 1.29 is 30.7 Å². The molecule has 0 fully saturated rings. The smallest absolute Gasteiger partial charge is 0.298 e. The van der Waals surface area contributed by atoms with Crippen LogP contribution in [0, 0.1) is 0 Å². The van der Waals surface area contributed by atoms with Gasteiger partial charge < -0.3 is 4.74 Å². The Bertz CT molecular complexity index is 1080. The monoisotopic (exact) mass is 498 g/mol. The lowest BCUT2D eigenvalue weighted by molar-refractivity contribution is 0.445. The zero-order chi connectivity index (χ0) is 24.3. The Morgan fingerprint density at radius 3 is 1.76 bits per heavy atom. The van der Waals surface area contributed by atoms with Gasteiger partial charge in [-0.15, -0.1) is 0 Å². The first-order valence-electron chi connectivity index (χ1n) is 11.5. The van der Waals surface area contributed by atoms with Crippen LogP contribution in [0.5, 0.6) is 11.5 Å². The molecule has 0 atom stereocenters. The van der Waals surface area contributed by atoms with Crippen LogP contribution < -0.4 is 4.74 Å². The first-order valence-corrected chi connectivity index (χ1v) is 14.3. The van der Waals surface area contributed by atoms with Crippen LogP contribution in [0.25, 0.3) is 0 Å². The van der Waals surface area contributed by atoms with Gasteiger partial charge in [-0.25, -0.2) is 0 Å². The minimum atomic E-state index is -4.65. The van der Waals surface area contributed by atoms with E-state index >= 15 is 0 Å². The van der Waals surface area contributed by atoms with Gasteiger partial charge in [0, 0.05) is 6.07 Å². The van der Waals surface area contributed by atoms with Crippen molar-refractivity contribution in [2.45, 2.75) is 87.3 Å². The lowest BCUT2D eigenvalue weighted by Crippen LogP contribution is -2.04. The van der Waals surface area contributed by atoms with E-state index in [1.807, 2.05) is 12.1 Å². The molecule has 0 unspecified atom stereocenters. The molecule has 2 rings (SSSR count). The SMILES string of the molecule is CCCCCCCCCCCCc1ccc(Oc2cc(S(=O)(=O)O)ccc2S(=O)(=O)O)cc1. The number of aryl methyl sites for hydroxylation is 1. The molecule has 0 aliphatic rings. The maximum atomic E-state index is 11.6. The molecule has 0 aliphatic heterocycles. The number of rotatable bonds is 15. The molecule has 0 heterocycles. The molecule has 2 aromatic rings. The van der Waals surface area contributed by atoms with Crippen LogP contribution >= 0.6 is 0 Å². The topological polar surface area (TPSA) is 118 Å². The van der Waals surface area contributed by atoms with Crippen molar-refractivity contribution in [3.05, 3.63) is 48.0 Å². The van der Waals surface area contributed by atoms with Crippen LogP contribution in [0.1, 0.15) is 76.7 Å². The summed E-state index contributed by atoms with van der Waals surface area (Å²) in [4.78, 5) is -1.13. The highest BCUT2D eigenvalue weighted by molar-refractivity contribution is 7.86. The van der Waals surface area contributed by atoms with Gasteiger partial charge in [-0.05, 0) is 42.7 Å². The maximum Gasteiger partial charge on any atom is 0.298 e. The zero-order valence-electron chi connectivity index (χ0n) is 19.1. The van der Waals surface area contributed by atoms with Crippen LogP contribution in [0.4, 0.5) is 0 Å². The highest BCUT2D eigenvalue weighted by Gasteiger charge is 2.21. The van der Waals surface area contributed by atoms with Gasteiger partial charge in [-0.2, -0.15) is 16.8 Å². The first-order chi connectivity index (χ1) is 15.6. The molecule has 0 aromatic heterocycles. The second-order valence-corrected chi connectivity index (χ2v) is 11.0. The third-order valence-electron chi connectivity index (χ3n) is 5.46. The molecule has 0 spiro atoms. The summed E-state index contributed by atoms with van der Waals surface area (Å²) in [5.74, 6) is -0.116. The summed E-state index contributed by atoms with van der Waals surface area (Å²) in [6.07, 6.45) is 13.6. The molecule has 9 heteroatoms. The Hall–Kier alpha value is -1.94. The maximum absolute atomic E-state index is 11.6. The summed E-state index contributed by atoms with van der Waals surface area (Å²) in [6.45, 7) is 2.23. The van der Waals surface area contributed by atoms with E-state index in [1.165, 1.54) is 57.8 Å². The second kappa shape index (κ2) is 13.1. The summed E-state index contributed by atoms with van der Waals surface area (Å²) in [6, 6.07) is 9.63. The highest BCUT2D eigenvalue weighted by Crippen LogP contribution is 2.31. The van der Waals surface area contributed by atoms with Gasteiger partial charge in [0.05, 0.1) is 4.90 Å². The van der Waals surface area contributed by atoms with Crippen molar-refractivity contribution in [3.63, 3.8) is 0 Å². The molecule has 2 N–H and O–H groups in total. The number of hydrogen-bond acceptors (Lipinski definition) is 5. The lowest BCUT2D eigenvalue weighted by Gasteiger charge is -2.11. The molecule has 2 aromatic carbocycles. The summed E-state index contributed by atoms with van der Waals surface area (Å²) in [5.41, 5.74) is 1.11. The number of hydrogen-bond donors (Lipinski definition) is 2. The Morgan fingerprint density at radius 1 is 0.697 bits per heavy atom. The summed E-state index contributed by atoms with van der Waals surface area (Å²) < 4.78 is 70.0. The number of benzene rings is 2. The largest absolute Gasteiger partial charge is 0.456 e. The average Bonchev–Trinajstić information content (AvgIpc) is 2.75. The fourth-order valence-corrected chi connectivity index (χ4v) is 4.70. The van der Waals surface area contributed by atoms with Crippen molar-refractivity contribution in [3.8, 4) is 11.5 Å². The van der Waals surface area contributed by atoms with E-state index in [0.717, 1.165) is 36.6 Å². The lowest BCUT2D eigenvalue weighted by atomic mass is 10.0. The molecule has 0 aliphatic carbocycles. The van der Waals surface area contributed by atoms with Crippen molar-refractivity contribution in [2.75, 3.05) is 0 Å². The van der Waals surface area contributed by atoms with Gasteiger partial charge in [0.1, 0.15) is 16.4 Å². The van der Waals surface area contributed by atoms with E-state index in [-0.39, 0.29) is 5.75 Å². The normalized spacial score (nSPS) is 12.1. The quantitative estimate of drug-likeness (QED) is 0.214. The van der Waals surface area contributed by atoms with Crippen LogP contribution in [0.2, 0.25) is 0 Å². The number of ether oxygens (including phenoxy) is 1. The van der Waals surface area contributed by atoms with Gasteiger partial charge in [0.2, 0.25) is 0 Å². The fraction of sp³-hybridized carbons (Fsp3) is 0.500. The van der Waals surface area contributed by atoms with Crippen LogP contribution in [-0.4, -0.2) is 25.9 Å². The van der Waals surface area contributed by atoms with Crippen molar-refractivity contribution in [2.24, 2.45) is 0 Å². The first kappa shape index (κ1) is 27.3. The van der Waals surface area contributed by atoms with Gasteiger partial charge >= 0.3 is 0 Å². The summed E-state index contributed by atoms with van der Waals surface area (Å²) >= 11 is 0. The molecular weight excluding hydrogens is 464 g/mol. The molecular formula is C24H34O7S2. The van der Waals surface area contributed by atoms with E-state index in [9.17, 15) is 25.9 Å². The van der Waals surface area contributed by atoms with Gasteiger partial charge in [0.15, 0.2) is 0 Å². The Labute approximate surface area is 197 Å². The Morgan fingerprint density at radius 2 is 1.24 bits per heavy atom. The minimum Gasteiger partial charge on any atom is -0.456 e. The van der Waals surface area contributed by atoms with Crippen LogP contribution in [0.3, 0.4) is 0 Å². The summed E-state index contributed by atoms with van der Waals surface area (Å²) in [5, 5.41) is 0. The molecule has 33 heavy (non-hydrogen) atoms. The molecule has 0 saturated heterocycles. The molecule has 0 radical (unpaired) electrons. The van der Waals surface area contributed by atoms with Gasteiger partial charge in [0.25, 0.3) is 20.2 Å². The van der Waals surface area contributed by atoms with Crippen LogP contribution in [-0.2, 0) is 26.7 Å². The Kier molecular flexibility index (Phi) is 10.8. The third kappa shape index (κ3) is 9.83. The van der Waals surface area contributed by atoms with Crippen molar-refractivity contribution in [1.29, 1.82) is 0 Å². The highest BCUT2D eigenvalue weighted by atomic mass is 32.2. The molecule has 7 nitrogen and oxygen atoms in total. The molecule has 0 bridgehead atoms. The predicted octanol–water partition coefficient (Wildman–Crippen LogP) is 6.44. The van der Waals surface area contributed by atoms with E-state index in [0.29, 0.717) is 0 Å². The van der Waals surface area contributed by atoms with E-state index in [4.69, 9.17) is 4.74 Å². The third-order valence-corrected chi connectivity index (χ3v) is 7.20. The van der Waals surface area contributed by atoms with Crippen LogP contribution in [0.15, 0.2) is 52.3 Å². The fourth-order valence-electron chi connectivity index (χ4n) is 3.61. The molecule has 0 amide bonds. The number of unbranched alkanes of at least 4 members (excludes halogenated alkanes) is 9. The zero-order valence-corrected chi connectivity index (χ0v) is 20.7. The van der Waals surface area contributed by atoms with Gasteiger partial charge in [-0.1, -0.05) is 76.8 Å². The van der Waals surface area contributed by atoms with E-state index < -0.39 is 35.8 Å². The van der Waals surface area contributed by atoms with Crippen molar-refractivity contribution >= 4 is 20.2 Å². The standard InChI is InChI=1S/C24H34O7S2/c1-2-3-4-5-6-7-8-9-10-11-12-20-13-15-21(16-14-20)31-23-19-22(32(25,26)27)17-18-24(23)33(28,29)30/h13-19H,2-12H2,1H3,(H,25,26,27)(H,28,29,30). The second-order valence-electron chi connectivity index (χ2n) is 8.24. The minimum absolute atomic E-state index is 0.277. The summed E-state index contributed by atoms with van der Waals surface area (Å²) in [7, 11) is -9.22. The van der Waals surface area contributed by atoms with E-state index in [1.54, 1.807) is 12.1 Å². The molecule has 184 valence electrons. The Balaban J connectivity index is 1.87. The van der Waals surface area contributed by atoms with Crippen molar-refractivity contribution in [1.82, 2.24) is 0 Å². The molecule has 0 saturated carbocycles.